The van der Waals surface area contributed by atoms with Crippen LogP contribution in [0, 0.1) is 5.92 Å². The van der Waals surface area contributed by atoms with Crippen molar-refractivity contribution in [1.29, 1.82) is 0 Å². The van der Waals surface area contributed by atoms with E-state index in [1.165, 1.54) is 19.3 Å². The van der Waals surface area contributed by atoms with E-state index in [0.717, 1.165) is 12.3 Å². The van der Waals surface area contributed by atoms with E-state index in [9.17, 15) is 0 Å². The summed E-state index contributed by atoms with van der Waals surface area (Å²) in [5.41, 5.74) is 0. The summed E-state index contributed by atoms with van der Waals surface area (Å²) >= 11 is 0. The second kappa shape index (κ2) is 2.49. The van der Waals surface area contributed by atoms with Crippen LogP contribution >= 0.6 is 0 Å². The van der Waals surface area contributed by atoms with E-state index in [-0.39, 0.29) is 6.10 Å². The predicted molar refractivity (Wildman–Crippen MR) is 33.6 cm³/mol. The quantitative estimate of drug-likeness (QED) is 0.577. The predicted octanol–water partition coefficient (Wildman–Crippen LogP) is 1.56. The second-order valence-electron chi connectivity index (χ2n) is 2.88. The number of hydrogen-bond donors (Lipinski definition) is 1. The fourth-order valence-electron chi connectivity index (χ4n) is 1.21. The molecule has 1 N–H and O–H groups in total. The summed E-state index contributed by atoms with van der Waals surface area (Å²) in [5, 5.41) is 8.89. The molecule has 1 atom stereocenters. The normalized spacial score (nSPS) is 24.8. The molecule has 0 aromatic rings. The van der Waals surface area contributed by atoms with E-state index in [2.05, 4.69) is 0 Å². The minimum Gasteiger partial charge on any atom is -0.393 e. The smallest absolute Gasteiger partial charge is 0.0514 e. The highest BCUT2D eigenvalue weighted by Gasteiger charge is 2.18. The first kappa shape index (κ1) is 6.09. The van der Waals surface area contributed by atoms with Crippen LogP contribution in [0.5, 0.6) is 0 Å². The average molecular weight is 114 g/mol. The van der Waals surface area contributed by atoms with Gasteiger partial charge in [0.05, 0.1) is 6.10 Å². The van der Waals surface area contributed by atoms with Gasteiger partial charge in [-0.15, -0.1) is 0 Å². The highest BCUT2D eigenvalue weighted by atomic mass is 16.3. The van der Waals surface area contributed by atoms with Crippen LogP contribution in [0.25, 0.3) is 0 Å². The molecule has 1 rings (SSSR count). The molecule has 0 aliphatic heterocycles. The molecule has 48 valence electrons. The Labute approximate surface area is 50.7 Å². The molecule has 1 saturated carbocycles. The number of rotatable bonds is 2. The van der Waals surface area contributed by atoms with Crippen molar-refractivity contribution in [3.8, 4) is 0 Å². The first-order chi connectivity index (χ1) is 3.79. The minimum atomic E-state index is -0.0692. The Kier molecular flexibility index (Phi) is 1.90. The van der Waals surface area contributed by atoms with Crippen LogP contribution in [0.15, 0.2) is 0 Å². The van der Waals surface area contributed by atoms with Crippen LogP contribution in [-0.4, -0.2) is 11.2 Å². The molecule has 0 spiro atoms. The highest BCUT2D eigenvalue weighted by molar-refractivity contribution is 4.70. The molecule has 0 heterocycles. The summed E-state index contributed by atoms with van der Waals surface area (Å²) in [6.45, 7) is 1.87. The molecule has 1 fully saturated rings. The van der Waals surface area contributed by atoms with Gasteiger partial charge in [-0.2, -0.15) is 0 Å². The zero-order chi connectivity index (χ0) is 5.98. The molecule has 0 aromatic carbocycles. The lowest BCUT2D eigenvalue weighted by atomic mass is 9.82. The van der Waals surface area contributed by atoms with Gasteiger partial charge in [0, 0.05) is 0 Å². The maximum Gasteiger partial charge on any atom is 0.0514 e. The summed E-state index contributed by atoms with van der Waals surface area (Å²) in [6, 6.07) is 0. The van der Waals surface area contributed by atoms with Crippen molar-refractivity contribution in [2.75, 3.05) is 0 Å². The number of aliphatic hydroxyl groups is 1. The molecule has 0 saturated heterocycles. The lowest BCUT2D eigenvalue weighted by molar-refractivity contribution is 0.133. The van der Waals surface area contributed by atoms with E-state index in [4.69, 9.17) is 5.11 Å². The van der Waals surface area contributed by atoms with Gasteiger partial charge in [0.15, 0.2) is 0 Å². The summed E-state index contributed by atoms with van der Waals surface area (Å²) < 4.78 is 0. The first-order valence-corrected chi connectivity index (χ1v) is 3.47. The van der Waals surface area contributed by atoms with Crippen molar-refractivity contribution in [3.05, 3.63) is 0 Å². The Balaban J connectivity index is 2.01. The molecule has 1 aliphatic carbocycles. The third-order valence-corrected chi connectivity index (χ3v) is 1.90. The Bertz CT molecular complexity index is 64.8. The first-order valence-electron chi connectivity index (χ1n) is 3.47. The number of aliphatic hydroxyl groups excluding tert-OH is 1. The topological polar surface area (TPSA) is 20.2 Å². The maximum absolute atomic E-state index is 8.89. The van der Waals surface area contributed by atoms with E-state index in [1.807, 2.05) is 6.92 Å². The zero-order valence-electron chi connectivity index (χ0n) is 5.43. The Morgan fingerprint density at radius 2 is 2.25 bits per heavy atom. The molecule has 0 unspecified atom stereocenters. The lowest BCUT2D eigenvalue weighted by Gasteiger charge is -2.26. The zero-order valence-corrected chi connectivity index (χ0v) is 5.43. The van der Waals surface area contributed by atoms with E-state index >= 15 is 0 Å². The van der Waals surface area contributed by atoms with E-state index in [0.29, 0.717) is 0 Å². The van der Waals surface area contributed by atoms with Crippen LogP contribution in [-0.2, 0) is 0 Å². The third-order valence-electron chi connectivity index (χ3n) is 1.90. The summed E-state index contributed by atoms with van der Waals surface area (Å²) in [4.78, 5) is 0. The van der Waals surface area contributed by atoms with Gasteiger partial charge >= 0.3 is 0 Å². The average Bonchev–Trinajstić information content (AvgIpc) is 1.55. The largest absolute Gasteiger partial charge is 0.393 e. The molecule has 0 aromatic heterocycles. The molecule has 1 heteroatoms. The molecule has 0 radical (unpaired) electrons. The van der Waals surface area contributed by atoms with Crippen molar-refractivity contribution in [2.45, 2.75) is 38.7 Å². The summed E-state index contributed by atoms with van der Waals surface area (Å²) in [6.07, 6.45) is 5.05. The third kappa shape index (κ3) is 1.48. The molecule has 1 aliphatic rings. The minimum absolute atomic E-state index is 0.0692. The van der Waals surface area contributed by atoms with E-state index in [1.54, 1.807) is 0 Å². The van der Waals surface area contributed by atoms with Gasteiger partial charge in [0.2, 0.25) is 0 Å². The van der Waals surface area contributed by atoms with Gasteiger partial charge in [0.1, 0.15) is 0 Å². The van der Waals surface area contributed by atoms with Crippen molar-refractivity contribution < 1.29 is 5.11 Å². The molecule has 0 bridgehead atoms. The van der Waals surface area contributed by atoms with Crippen molar-refractivity contribution in [1.82, 2.24) is 0 Å². The second-order valence-corrected chi connectivity index (χ2v) is 2.88. The Morgan fingerprint density at radius 1 is 1.62 bits per heavy atom. The Hall–Kier alpha value is -0.0400. The monoisotopic (exact) mass is 114 g/mol. The van der Waals surface area contributed by atoms with Crippen LogP contribution in [0.3, 0.4) is 0 Å². The van der Waals surface area contributed by atoms with Crippen LogP contribution in [0.1, 0.15) is 32.6 Å². The molecular formula is C7H14O. The summed E-state index contributed by atoms with van der Waals surface area (Å²) in [5.74, 6) is 0.856. The molecule has 1 nitrogen and oxygen atoms in total. The fraction of sp³-hybridized carbons (Fsp3) is 1.00. The van der Waals surface area contributed by atoms with Gasteiger partial charge in [-0.25, -0.2) is 0 Å². The summed E-state index contributed by atoms with van der Waals surface area (Å²) in [7, 11) is 0. The van der Waals surface area contributed by atoms with Crippen molar-refractivity contribution in [2.24, 2.45) is 5.92 Å². The van der Waals surface area contributed by atoms with Gasteiger partial charge in [-0.05, 0) is 19.3 Å². The lowest BCUT2D eigenvalue weighted by Crippen LogP contribution is -2.16. The fourth-order valence-corrected chi connectivity index (χ4v) is 1.21. The van der Waals surface area contributed by atoms with Crippen LogP contribution in [0.4, 0.5) is 0 Å². The van der Waals surface area contributed by atoms with Gasteiger partial charge < -0.3 is 5.11 Å². The van der Waals surface area contributed by atoms with Gasteiger partial charge in [-0.1, -0.05) is 19.3 Å². The highest BCUT2D eigenvalue weighted by Crippen LogP contribution is 2.30. The van der Waals surface area contributed by atoms with Gasteiger partial charge in [-0.3, -0.25) is 0 Å². The van der Waals surface area contributed by atoms with Crippen LogP contribution < -0.4 is 0 Å². The van der Waals surface area contributed by atoms with Crippen molar-refractivity contribution >= 4 is 0 Å². The van der Waals surface area contributed by atoms with Crippen LogP contribution in [0.2, 0.25) is 0 Å². The Morgan fingerprint density at radius 3 is 2.38 bits per heavy atom. The molecular weight excluding hydrogens is 100 g/mol. The standard InChI is InChI=1S/C7H14O/c1-6(8)5-7-3-2-4-7/h6-8H,2-5H2,1H3/t6-/m0/s1. The number of hydrogen-bond acceptors (Lipinski definition) is 1. The maximum atomic E-state index is 8.89. The van der Waals surface area contributed by atoms with E-state index < -0.39 is 0 Å². The van der Waals surface area contributed by atoms with Crippen molar-refractivity contribution in [3.63, 3.8) is 0 Å². The van der Waals surface area contributed by atoms with Gasteiger partial charge in [0.25, 0.3) is 0 Å². The molecule has 0 amide bonds. The molecule has 8 heavy (non-hydrogen) atoms. The SMILES string of the molecule is C[C@H](O)CC1CCC1.